The molecule has 0 radical (unpaired) electrons. The molecule has 0 aliphatic carbocycles. The van der Waals surface area contributed by atoms with Crippen LogP contribution in [0.25, 0.3) is 5.82 Å². The van der Waals surface area contributed by atoms with Crippen LogP contribution in [0.5, 0.6) is 5.88 Å². The lowest BCUT2D eigenvalue weighted by molar-refractivity contribution is -0.214. The van der Waals surface area contributed by atoms with Crippen LogP contribution >= 0.6 is 11.6 Å². The number of carbonyl (C=O) groups is 3. The highest BCUT2D eigenvalue weighted by Gasteiger charge is 2.41. The van der Waals surface area contributed by atoms with E-state index in [-0.39, 0.29) is 38.3 Å². The molecule has 3 aromatic rings. The van der Waals surface area contributed by atoms with Gasteiger partial charge in [0.05, 0.1) is 27.9 Å². The molecular weight excluding hydrogens is 628 g/mol. The Labute approximate surface area is 248 Å². The summed E-state index contributed by atoms with van der Waals surface area (Å²) in [6.07, 6.45) is -8.22. The van der Waals surface area contributed by atoms with Crippen LogP contribution in [0.1, 0.15) is 32.0 Å². The van der Waals surface area contributed by atoms with Gasteiger partial charge in [0, 0.05) is 12.3 Å². The molecule has 232 valence electrons. The molecular formula is C25H18ClF6N7O5. The Morgan fingerprint density at radius 2 is 1.91 bits per heavy atom. The Morgan fingerprint density at radius 3 is 2.55 bits per heavy atom. The van der Waals surface area contributed by atoms with Crippen molar-refractivity contribution in [2.75, 3.05) is 25.1 Å². The van der Waals surface area contributed by atoms with Gasteiger partial charge < -0.3 is 15.4 Å². The number of aryl methyl sites for hydroxylation is 1. The van der Waals surface area contributed by atoms with Crippen molar-refractivity contribution in [1.82, 2.24) is 25.1 Å². The van der Waals surface area contributed by atoms with Gasteiger partial charge in [0.15, 0.2) is 12.4 Å². The number of halogens is 7. The Bertz CT molecular complexity index is 1650. The highest BCUT2D eigenvalue weighted by molar-refractivity contribution is 6.32. The van der Waals surface area contributed by atoms with Crippen molar-refractivity contribution in [3.8, 4) is 17.8 Å². The number of alkyl halides is 6. The highest BCUT2D eigenvalue weighted by atomic mass is 35.5. The average molecular weight is 646 g/mol. The maximum absolute atomic E-state index is 13.5. The molecule has 1 aliphatic heterocycles. The van der Waals surface area contributed by atoms with Crippen LogP contribution in [-0.4, -0.2) is 75.7 Å². The number of pyridine rings is 1. The second-order valence-electron chi connectivity index (χ2n) is 9.09. The van der Waals surface area contributed by atoms with Gasteiger partial charge in [0.2, 0.25) is 5.88 Å². The van der Waals surface area contributed by atoms with Crippen molar-refractivity contribution in [2.45, 2.75) is 25.3 Å². The molecule has 1 aliphatic rings. The molecule has 0 spiro atoms. The van der Waals surface area contributed by atoms with E-state index in [1.807, 2.05) is 6.07 Å². The summed E-state index contributed by atoms with van der Waals surface area (Å²) in [6, 6.07) is 6.33. The second kappa shape index (κ2) is 12.4. The van der Waals surface area contributed by atoms with Gasteiger partial charge >= 0.3 is 12.4 Å². The molecule has 2 N–H and O–H groups in total. The minimum atomic E-state index is -4.77. The number of amides is 3. The van der Waals surface area contributed by atoms with Crippen LogP contribution < -0.4 is 15.4 Å². The Hall–Kier alpha value is -4.89. The molecule has 3 heterocycles. The number of rotatable bonds is 8. The predicted octanol–water partition coefficient (Wildman–Crippen LogP) is 3.73. The van der Waals surface area contributed by atoms with Gasteiger partial charge in [-0.2, -0.15) is 31.6 Å². The van der Waals surface area contributed by atoms with Crippen LogP contribution in [0.15, 0.2) is 36.5 Å². The van der Waals surface area contributed by atoms with Crippen LogP contribution in [0.4, 0.5) is 32.0 Å². The minimum Gasteiger partial charge on any atom is -0.467 e. The maximum atomic E-state index is 13.5. The molecule has 19 heteroatoms. The fourth-order valence-electron chi connectivity index (χ4n) is 3.92. The molecule has 44 heavy (non-hydrogen) atoms. The fraction of sp³-hybridized carbons (Fsp3) is 0.280. The van der Waals surface area contributed by atoms with Crippen LogP contribution in [0, 0.1) is 18.3 Å². The summed E-state index contributed by atoms with van der Waals surface area (Å²) in [7, 11) is 0. The van der Waals surface area contributed by atoms with E-state index in [9.17, 15) is 46.0 Å². The minimum absolute atomic E-state index is 0.0374. The Balaban J connectivity index is 1.66. The van der Waals surface area contributed by atoms with Crippen LogP contribution in [-0.2, 0) is 9.63 Å². The number of aromatic nitrogens is 3. The maximum Gasteiger partial charge on any atom is 0.422 e. The van der Waals surface area contributed by atoms with E-state index in [0.717, 1.165) is 16.8 Å². The molecule has 1 atom stereocenters. The van der Waals surface area contributed by atoms with Crippen LogP contribution in [0.2, 0.25) is 5.02 Å². The van der Waals surface area contributed by atoms with Crippen molar-refractivity contribution < 1.29 is 50.3 Å². The van der Waals surface area contributed by atoms with E-state index in [2.05, 4.69) is 25.5 Å². The molecule has 1 unspecified atom stereocenters. The molecule has 12 nitrogen and oxygen atoms in total. The van der Waals surface area contributed by atoms with E-state index < -0.39 is 67.4 Å². The number of benzene rings is 1. The first-order chi connectivity index (χ1) is 20.6. The number of carbonyl (C=O) groups excluding carboxylic acids is 3. The fourth-order valence-corrected chi connectivity index (χ4v) is 4.12. The van der Waals surface area contributed by atoms with Gasteiger partial charge in [-0.15, -0.1) is 5.10 Å². The van der Waals surface area contributed by atoms with Crippen LogP contribution in [0.3, 0.4) is 0 Å². The standard InChI is InChI=1S/C25H18ClF6N7O5/c1-12-5-13(8-33)6-14(21(40)35-16-9-44-38(23(16)42)10-24(27,28)29)19(12)36-22(41)17-7-18(43-11-25(30,31)32)37-39(17)20-15(26)3-2-4-34-20/h2-7,16H,9-11H2,1H3,(H,35,40)(H,36,41). The van der Waals surface area contributed by atoms with E-state index in [1.165, 1.54) is 31.3 Å². The number of nitriles is 1. The Morgan fingerprint density at radius 1 is 1.18 bits per heavy atom. The lowest BCUT2D eigenvalue weighted by Gasteiger charge is -2.18. The van der Waals surface area contributed by atoms with Crippen molar-refractivity contribution in [3.05, 3.63) is 63.9 Å². The van der Waals surface area contributed by atoms with E-state index in [1.54, 1.807) is 0 Å². The third kappa shape index (κ3) is 7.54. The molecule has 4 rings (SSSR count). The summed E-state index contributed by atoms with van der Waals surface area (Å²) in [6.45, 7) is -2.66. The summed E-state index contributed by atoms with van der Waals surface area (Å²) in [4.78, 5) is 47.8. The number of hydrogen-bond donors (Lipinski definition) is 2. The SMILES string of the molecule is Cc1cc(C#N)cc(C(=O)NC2CON(CC(F)(F)F)C2=O)c1NC(=O)c1cc(OCC(F)(F)F)nn1-c1ncccc1Cl. The van der Waals surface area contributed by atoms with Gasteiger partial charge in [-0.25, -0.2) is 14.7 Å². The van der Waals surface area contributed by atoms with Crippen molar-refractivity contribution in [2.24, 2.45) is 0 Å². The highest BCUT2D eigenvalue weighted by Crippen LogP contribution is 2.28. The number of nitrogens with one attached hydrogen (secondary N) is 2. The largest absolute Gasteiger partial charge is 0.467 e. The Kier molecular flexibility index (Phi) is 9.01. The molecule has 1 fully saturated rings. The summed E-state index contributed by atoms with van der Waals surface area (Å²) in [5, 5.41) is 17.9. The zero-order chi connectivity index (χ0) is 32.4. The first kappa shape index (κ1) is 32.0. The van der Waals surface area contributed by atoms with Gasteiger partial charge in [0.1, 0.15) is 24.9 Å². The zero-order valence-corrected chi connectivity index (χ0v) is 22.8. The number of hydrogen-bond acceptors (Lipinski definition) is 8. The zero-order valence-electron chi connectivity index (χ0n) is 22.1. The molecule has 0 bridgehead atoms. The smallest absolute Gasteiger partial charge is 0.422 e. The number of nitrogens with zero attached hydrogens (tertiary/aromatic N) is 5. The third-order valence-corrected chi connectivity index (χ3v) is 6.05. The topological polar surface area (TPSA) is 151 Å². The number of hydroxylamine groups is 2. The normalized spacial score (nSPS) is 15.2. The van der Waals surface area contributed by atoms with Gasteiger partial charge in [-0.3, -0.25) is 19.2 Å². The van der Waals surface area contributed by atoms with Gasteiger partial charge in [0.25, 0.3) is 17.7 Å². The van der Waals surface area contributed by atoms with Gasteiger partial charge in [-0.05, 0) is 36.8 Å². The first-order valence-corrected chi connectivity index (χ1v) is 12.5. The lowest BCUT2D eigenvalue weighted by Crippen LogP contribution is -2.44. The van der Waals surface area contributed by atoms with Gasteiger partial charge in [-0.1, -0.05) is 11.6 Å². The first-order valence-electron chi connectivity index (χ1n) is 12.1. The predicted molar refractivity (Wildman–Crippen MR) is 137 cm³/mol. The molecule has 1 aromatic carbocycles. The van der Waals surface area contributed by atoms with Crippen molar-refractivity contribution >= 4 is 35.0 Å². The third-order valence-electron chi connectivity index (χ3n) is 5.76. The quantitative estimate of drug-likeness (QED) is 0.352. The average Bonchev–Trinajstić information content (AvgIpc) is 3.51. The number of ether oxygens (including phenoxy) is 1. The molecule has 3 amide bonds. The van der Waals surface area contributed by atoms with Crippen molar-refractivity contribution in [3.63, 3.8) is 0 Å². The van der Waals surface area contributed by atoms with E-state index >= 15 is 0 Å². The summed E-state index contributed by atoms with van der Waals surface area (Å²) in [5.41, 5.74) is -0.896. The molecule has 1 saturated heterocycles. The van der Waals surface area contributed by atoms with E-state index in [0.29, 0.717) is 0 Å². The van der Waals surface area contributed by atoms with Crippen molar-refractivity contribution in [1.29, 1.82) is 5.26 Å². The number of anilines is 1. The monoisotopic (exact) mass is 645 g/mol. The second-order valence-corrected chi connectivity index (χ2v) is 9.49. The lowest BCUT2D eigenvalue weighted by atomic mass is 10.0. The summed E-state index contributed by atoms with van der Waals surface area (Å²) in [5.74, 6) is -4.06. The summed E-state index contributed by atoms with van der Waals surface area (Å²) < 4.78 is 81.9. The summed E-state index contributed by atoms with van der Waals surface area (Å²) >= 11 is 6.16. The molecule has 0 saturated carbocycles. The molecule has 2 aromatic heterocycles. The van der Waals surface area contributed by atoms with E-state index in [4.69, 9.17) is 16.4 Å².